The molecule has 3 aromatic rings. The van der Waals surface area contributed by atoms with Crippen molar-refractivity contribution in [3.8, 4) is 0 Å². The molecule has 1 heterocycles. The standard InChI is InChI=1S/C29H27ClN4O3/c30-20-7-6-8-21(17-20)31-29(37)32-26-27(35)33(22-9-2-1-3-10-22)23-11-4-5-12-24(23)34(28(26)36)25-16-18-13-14-19(25)15-18/h1-12,17-19,25-26H,13-16H2,(H2,31,32,37). The van der Waals surface area contributed by atoms with Crippen LogP contribution in [0.2, 0.25) is 5.02 Å². The summed E-state index contributed by atoms with van der Waals surface area (Å²) in [7, 11) is 0. The topological polar surface area (TPSA) is 81.8 Å². The van der Waals surface area contributed by atoms with Gasteiger partial charge in [0.05, 0.1) is 11.4 Å². The molecule has 2 aliphatic carbocycles. The molecule has 2 N–H and O–H groups in total. The molecule has 3 aliphatic rings. The highest BCUT2D eigenvalue weighted by atomic mass is 35.5. The van der Waals surface area contributed by atoms with E-state index in [2.05, 4.69) is 10.6 Å². The van der Waals surface area contributed by atoms with Crippen molar-refractivity contribution in [1.82, 2.24) is 5.32 Å². The number of halogens is 1. The molecule has 0 radical (unpaired) electrons. The summed E-state index contributed by atoms with van der Waals surface area (Å²) in [6, 6.07) is 21.4. The first-order valence-corrected chi connectivity index (χ1v) is 13.0. The molecule has 1 aliphatic heterocycles. The summed E-state index contributed by atoms with van der Waals surface area (Å²) in [6.45, 7) is 0. The number of hydrogen-bond donors (Lipinski definition) is 2. The molecule has 0 saturated heterocycles. The molecule has 2 saturated carbocycles. The van der Waals surface area contributed by atoms with Crippen LogP contribution in [0.4, 0.5) is 27.5 Å². The fourth-order valence-electron chi connectivity index (χ4n) is 6.17. The number of anilines is 4. The van der Waals surface area contributed by atoms with E-state index in [9.17, 15) is 14.4 Å². The van der Waals surface area contributed by atoms with Gasteiger partial charge in [0.1, 0.15) is 0 Å². The number of fused-ring (bicyclic) bond motifs is 3. The minimum atomic E-state index is -1.40. The SMILES string of the molecule is O=C(Nc1cccc(Cl)c1)NC1C(=O)N(c2ccccc2)c2ccccc2N(C2CC3CCC2C3)C1=O. The largest absolute Gasteiger partial charge is 0.320 e. The van der Waals surface area contributed by atoms with Gasteiger partial charge in [0.2, 0.25) is 0 Å². The number of para-hydroxylation sites is 3. The van der Waals surface area contributed by atoms with Gasteiger partial charge in [0.15, 0.2) is 6.04 Å². The summed E-state index contributed by atoms with van der Waals surface area (Å²) in [5.74, 6) is 0.0724. The van der Waals surface area contributed by atoms with Crippen LogP contribution in [0.3, 0.4) is 0 Å². The molecular formula is C29H27ClN4O3. The van der Waals surface area contributed by atoms with Crippen LogP contribution in [0.1, 0.15) is 25.7 Å². The van der Waals surface area contributed by atoms with Gasteiger partial charge in [-0.2, -0.15) is 0 Å². The van der Waals surface area contributed by atoms with Gasteiger partial charge in [-0.3, -0.25) is 14.5 Å². The maximum atomic E-state index is 14.2. The normalized spacial score (nSPS) is 24.6. The summed E-state index contributed by atoms with van der Waals surface area (Å²) >= 11 is 6.06. The molecule has 6 rings (SSSR count). The molecule has 8 heteroatoms. The predicted molar refractivity (Wildman–Crippen MR) is 144 cm³/mol. The fraction of sp³-hybridized carbons (Fsp3) is 0.276. The Balaban J connectivity index is 1.41. The summed E-state index contributed by atoms with van der Waals surface area (Å²) in [5.41, 5.74) is 2.42. The van der Waals surface area contributed by atoms with Gasteiger partial charge in [-0.1, -0.05) is 54.4 Å². The highest BCUT2D eigenvalue weighted by molar-refractivity contribution is 6.31. The van der Waals surface area contributed by atoms with Crippen molar-refractivity contribution >= 4 is 52.2 Å². The quantitative estimate of drug-likeness (QED) is 0.436. The average molecular weight is 515 g/mol. The van der Waals surface area contributed by atoms with Gasteiger partial charge in [-0.05, 0) is 73.6 Å². The van der Waals surface area contributed by atoms with Gasteiger partial charge < -0.3 is 15.5 Å². The van der Waals surface area contributed by atoms with Crippen LogP contribution in [-0.2, 0) is 9.59 Å². The van der Waals surface area contributed by atoms with Crippen LogP contribution in [0.5, 0.6) is 0 Å². The lowest BCUT2D eigenvalue weighted by molar-refractivity contribution is -0.128. The Morgan fingerprint density at radius 2 is 1.59 bits per heavy atom. The van der Waals surface area contributed by atoms with Gasteiger partial charge >= 0.3 is 6.03 Å². The number of nitrogens with one attached hydrogen (secondary N) is 2. The smallest absolute Gasteiger partial charge is 0.318 e. The monoisotopic (exact) mass is 514 g/mol. The highest BCUT2D eigenvalue weighted by Crippen LogP contribution is 2.50. The molecule has 0 spiro atoms. The molecule has 188 valence electrons. The van der Waals surface area contributed by atoms with Crippen molar-refractivity contribution < 1.29 is 14.4 Å². The average Bonchev–Trinajstić information content (AvgIpc) is 3.51. The Morgan fingerprint density at radius 1 is 0.838 bits per heavy atom. The zero-order valence-electron chi connectivity index (χ0n) is 20.1. The van der Waals surface area contributed by atoms with E-state index in [4.69, 9.17) is 11.6 Å². The summed E-state index contributed by atoms with van der Waals surface area (Å²) < 4.78 is 0. The molecule has 4 atom stereocenters. The fourth-order valence-corrected chi connectivity index (χ4v) is 6.36. The number of hydrogen-bond acceptors (Lipinski definition) is 3. The van der Waals surface area contributed by atoms with Crippen LogP contribution < -0.4 is 20.4 Å². The van der Waals surface area contributed by atoms with E-state index in [0.717, 1.165) is 19.3 Å². The van der Waals surface area contributed by atoms with Crippen LogP contribution in [-0.4, -0.2) is 29.9 Å². The first-order valence-electron chi connectivity index (χ1n) is 12.6. The van der Waals surface area contributed by atoms with Crippen LogP contribution in [0.15, 0.2) is 78.9 Å². The summed E-state index contributed by atoms with van der Waals surface area (Å²) in [4.78, 5) is 44.7. The lowest BCUT2D eigenvalue weighted by Crippen LogP contribution is -2.58. The van der Waals surface area contributed by atoms with Crippen molar-refractivity contribution in [3.63, 3.8) is 0 Å². The predicted octanol–water partition coefficient (Wildman–Crippen LogP) is 5.73. The zero-order valence-corrected chi connectivity index (χ0v) is 20.9. The van der Waals surface area contributed by atoms with Crippen molar-refractivity contribution in [2.75, 3.05) is 15.1 Å². The van der Waals surface area contributed by atoms with E-state index in [1.807, 2.05) is 54.6 Å². The number of nitrogens with zero attached hydrogens (tertiary/aromatic N) is 2. The van der Waals surface area contributed by atoms with Crippen molar-refractivity contribution in [3.05, 3.63) is 83.9 Å². The first kappa shape index (κ1) is 23.6. The highest BCUT2D eigenvalue weighted by Gasteiger charge is 2.49. The number of benzene rings is 3. The van der Waals surface area contributed by atoms with Gasteiger partial charge in [0.25, 0.3) is 11.8 Å². The van der Waals surface area contributed by atoms with E-state index in [0.29, 0.717) is 39.6 Å². The van der Waals surface area contributed by atoms with E-state index in [1.54, 1.807) is 34.1 Å². The Bertz CT molecular complexity index is 1360. The molecule has 3 aromatic carbocycles. The molecule has 7 nitrogen and oxygen atoms in total. The van der Waals surface area contributed by atoms with Crippen molar-refractivity contribution in [1.29, 1.82) is 0 Å². The van der Waals surface area contributed by atoms with Crippen LogP contribution in [0.25, 0.3) is 0 Å². The second kappa shape index (κ2) is 9.56. The number of amides is 4. The molecular weight excluding hydrogens is 488 g/mol. The minimum absolute atomic E-state index is 0.00351. The number of urea groups is 1. The van der Waals surface area contributed by atoms with Gasteiger partial charge in [0, 0.05) is 22.4 Å². The van der Waals surface area contributed by atoms with Crippen molar-refractivity contribution in [2.45, 2.75) is 37.8 Å². The minimum Gasteiger partial charge on any atom is -0.318 e. The van der Waals surface area contributed by atoms with Gasteiger partial charge in [-0.25, -0.2) is 4.79 Å². The van der Waals surface area contributed by atoms with E-state index >= 15 is 0 Å². The third-order valence-electron chi connectivity index (χ3n) is 7.74. The Kier molecular flexibility index (Phi) is 6.08. The second-order valence-corrected chi connectivity index (χ2v) is 10.4. The molecule has 0 aromatic heterocycles. The zero-order chi connectivity index (χ0) is 25.5. The van der Waals surface area contributed by atoms with Crippen LogP contribution in [0, 0.1) is 11.8 Å². The van der Waals surface area contributed by atoms with E-state index < -0.39 is 23.9 Å². The number of carbonyl (C=O) groups excluding carboxylic acids is 3. The molecule has 2 fully saturated rings. The van der Waals surface area contributed by atoms with Crippen LogP contribution >= 0.6 is 11.6 Å². The third kappa shape index (κ3) is 4.33. The Labute approximate surface area is 220 Å². The Morgan fingerprint density at radius 3 is 2.30 bits per heavy atom. The van der Waals surface area contributed by atoms with Gasteiger partial charge in [-0.15, -0.1) is 0 Å². The lowest BCUT2D eigenvalue weighted by atomic mass is 9.93. The lowest BCUT2D eigenvalue weighted by Gasteiger charge is -2.35. The van der Waals surface area contributed by atoms with E-state index in [-0.39, 0.29) is 6.04 Å². The first-order chi connectivity index (χ1) is 18.0. The van der Waals surface area contributed by atoms with E-state index in [1.165, 1.54) is 6.42 Å². The molecule has 37 heavy (non-hydrogen) atoms. The maximum Gasteiger partial charge on any atom is 0.320 e. The third-order valence-corrected chi connectivity index (χ3v) is 7.97. The summed E-state index contributed by atoms with van der Waals surface area (Å²) in [5, 5.41) is 5.85. The molecule has 4 amide bonds. The second-order valence-electron chi connectivity index (χ2n) is 9.99. The maximum absolute atomic E-state index is 14.2. The molecule has 2 bridgehead atoms. The van der Waals surface area contributed by atoms with Crippen molar-refractivity contribution in [2.24, 2.45) is 11.8 Å². The Hall–Kier alpha value is -3.84. The number of carbonyl (C=O) groups is 3. The summed E-state index contributed by atoms with van der Waals surface area (Å²) in [6.07, 6.45) is 4.26. The number of rotatable bonds is 4. The molecule has 4 unspecified atom stereocenters.